The molecule has 0 atom stereocenters. The van der Waals surface area contributed by atoms with Crippen molar-refractivity contribution >= 4 is 17.7 Å². The quantitative estimate of drug-likeness (QED) is 0.939. The lowest BCUT2D eigenvalue weighted by atomic mass is 9.84. The summed E-state index contributed by atoms with van der Waals surface area (Å²) < 4.78 is 0. The van der Waals surface area contributed by atoms with Crippen molar-refractivity contribution in [3.05, 3.63) is 41.9 Å². The Morgan fingerprint density at radius 2 is 2.00 bits per heavy atom. The summed E-state index contributed by atoms with van der Waals surface area (Å²) in [4.78, 5) is 27.9. The van der Waals surface area contributed by atoms with E-state index in [1.165, 1.54) is 0 Å². The third-order valence-corrected chi connectivity index (χ3v) is 5.05. The molecule has 0 aromatic carbocycles. The number of pyridine rings is 1. The number of hydrogen-bond donors (Lipinski definition) is 1. The van der Waals surface area contributed by atoms with E-state index in [1.807, 2.05) is 43.9 Å². The van der Waals surface area contributed by atoms with Gasteiger partial charge in [-0.05, 0) is 45.7 Å². The number of nitrogens with one attached hydrogen (secondary N) is 1. The van der Waals surface area contributed by atoms with Crippen LogP contribution in [0.1, 0.15) is 37.9 Å². The molecule has 0 bridgehead atoms. The number of amides is 1. The molecule has 1 saturated carbocycles. The average Bonchev–Trinajstić information content (AvgIpc) is 2.71. The van der Waals surface area contributed by atoms with Crippen molar-refractivity contribution in [3.8, 4) is 0 Å². The van der Waals surface area contributed by atoms with Crippen molar-refractivity contribution in [1.29, 1.82) is 0 Å². The van der Waals surface area contributed by atoms with Crippen LogP contribution < -0.4 is 10.2 Å². The molecule has 2 aliphatic rings. The second kappa shape index (κ2) is 5.26. The Kier molecular flexibility index (Phi) is 3.30. The zero-order chi connectivity index (χ0) is 16.9. The summed E-state index contributed by atoms with van der Waals surface area (Å²) in [6, 6.07) is 6.27. The fourth-order valence-electron chi connectivity index (χ4n) is 3.55. The molecule has 2 aromatic rings. The fraction of sp³-hybridized carbons (Fsp3) is 0.444. The van der Waals surface area contributed by atoms with Gasteiger partial charge in [-0.3, -0.25) is 9.69 Å². The van der Waals surface area contributed by atoms with Crippen LogP contribution in [0.15, 0.2) is 30.6 Å². The maximum absolute atomic E-state index is 12.9. The summed E-state index contributed by atoms with van der Waals surface area (Å²) in [5, 5.41) is 3.35. The van der Waals surface area contributed by atoms with Gasteiger partial charge >= 0.3 is 0 Å². The molecule has 4 rings (SSSR count). The van der Waals surface area contributed by atoms with Gasteiger partial charge in [0.2, 0.25) is 11.9 Å². The Morgan fingerprint density at radius 3 is 2.75 bits per heavy atom. The van der Waals surface area contributed by atoms with Crippen molar-refractivity contribution in [3.63, 3.8) is 0 Å². The number of anilines is 2. The molecular weight excluding hydrogens is 302 g/mol. The number of carbonyl (C=O) groups excluding carboxylic acids is 1. The highest BCUT2D eigenvalue weighted by atomic mass is 16.2. The first kappa shape index (κ1) is 15.1. The molecule has 6 heteroatoms. The summed E-state index contributed by atoms with van der Waals surface area (Å²) >= 11 is 0. The first-order chi connectivity index (χ1) is 11.5. The lowest BCUT2D eigenvalue weighted by Crippen LogP contribution is -2.53. The van der Waals surface area contributed by atoms with Crippen LogP contribution in [-0.2, 0) is 10.2 Å². The Bertz CT molecular complexity index is 798. The topological polar surface area (TPSA) is 71.0 Å². The molecule has 1 aliphatic heterocycles. The normalized spacial score (nSPS) is 24.5. The van der Waals surface area contributed by atoms with Crippen LogP contribution in [0.25, 0.3) is 0 Å². The first-order valence-corrected chi connectivity index (χ1v) is 8.32. The molecule has 0 unspecified atom stereocenters. The molecule has 1 amide bonds. The number of carbonyl (C=O) groups is 1. The highest BCUT2D eigenvalue weighted by Gasteiger charge is 2.50. The number of aromatic nitrogens is 3. The van der Waals surface area contributed by atoms with Crippen LogP contribution >= 0.6 is 0 Å². The molecule has 124 valence electrons. The number of aryl methyl sites for hydroxylation is 1. The van der Waals surface area contributed by atoms with Crippen LogP contribution in [0.3, 0.4) is 0 Å². The Hall–Kier alpha value is -2.50. The summed E-state index contributed by atoms with van der Waals surface area (Å²) in [5.41, 5.74) is 1.47. The van der Waals surface area contributed by atoms with Gasteiger partial charge in [-0.1, -0.05) is 6.07 Å². The maximum atomic E-state index is 12.9. The lowest BCUT2D eigenvalue weighted by Gasteiger charge is -2.41. The van der Waals surface area contributed by atoms with Crippen molar-refractivity contribution in [2.75, 3.05) is 10.2 Å². The van der Waals surface area contributed by atoms with Crippen molar-refractivity contribution in [2.45, 2.75) is 51.1 Å². The molecule has 24 heavy (non-hydrogen) atoms. The van der Waals surface area contributed by atoms with E-state index in [0.717, 1.165) is 29.9 Å². The van der Waals surface area contributed by atoms with E-state index >= 15 is 0 Å². The minimum Gasteiger partial charge on any atom is -0.351 e. The summed E-state index contributed by atoms with van der Waals surface area (Å²) in [7, 11) is 0. The van der Waals surface area contributed by atoms with Crippen molar-refractivity contribution in [2.24, 2.45) is 0 Å². The standard InChI is InChI=1S/C18H21N5O/c1-11-6-8-20-17(21-11)22-12-9-13(10-12)23-15-14(5-4-7-19-15)18(2,3)16(23)24/h4-8,12-13H,9-10H2,1-3H3,(H,20,21,22)/t12-,13-. The molecule has 1 N–H and O–H groups in total. The first-order valence-electron chi connectivity index (χ1n) is 8.32. The lowest BCUT2D eigenvalue weighted by molar-refractivity contribution is -0.122. The number of nitrogens with zero attached hydrogens (tertiary/aromatic N) is 4. The minimum absolute atomic E-state index is 0.145. The van der Waals surface area contributed by atoms with Gasteiger partial charge in [-0.25, -0.2) is 15.0 Å². The molecule has 0 radical (unpaired) electrons. The maximum Gasteiger partial charge on any atom is 0.238 e. The fourth-order valence-corrected chi connectivity index (χ4v) is 3.55. The Balaban J connectivity index is 1.48. The van der Waals surface area contributed by atoms with E-state index in [2.05, 4.69) is 20.3 Å². The molecule has 1 fully saturated rings. The molecule has 2 aromatic heterocycles. The Labute approximate surface area is 141 Å². The smallest absolute Gasteiger partial charge is 0.238 e. The molecule has 6 nitrogen and oxygen atoms in total. The molecule has 0 spiro atoms. The van der Waals surface area contributed by atoms with E-state index in [-0.39, 0.29) is 11.9 Å². The summed E-state index contributed by atoms with van der Waals surface area (Å²) in [6.07, 6.45) is 5.28. The number of fused-ring (bicyclic) bond motifs is 1. The van der Waals surface area contributed by atoms with Crippen LogP contribution in [0.2, 0.25) is 0 Å². The summed E-state index contributed by atoms with van der Waals surface area (Å²) in [5.74, 6) is 1.62. The van der Waals surface area contributed by atoms with Crippen LogP contribution in [0.5, 0.6) is 0 Å². The van der Waals surface area contributed by atoms with Gasteiger partial charge < -0.3 is 5.32 Å². The largest absolute Gasteiger partial charge is 0.351 e. The van der Waals surface area contributed by atoms with Crippen molar-refractivity contribution < 1.29 is 4.79 Å². The highest BCUT2D eigenvalue weighted by Crippen LogP contribution is 2.44. The van der Waals surface area contributed by atoms with Gasteiger partial charge in [0.25, 0.3) is 0 Å². The monoisotopic (exact) mass is 323 g/mol. The SMILES string of the molecule is Cc1ccnc(N[C@H]2C[C@H](N3C(=O)C(C)(C)c4cccnc43)C2)n1. The van der Waals surface area contributed by atoms with Crippen LogP contribution in [0.4, 0.5) is 11.8 Å². The third kappa shape index (κ3) is 2.25. The predicted octanol–water partition coefficient (Wildman–Crippen LogP) is 2.45. The van der Waals surface area contributed by atoms with Crippen LogP contribution in [0, 0.1) is 6.92 Å². The van der Waals surface area contributed by atoms with Gasteiger partial charge in [-0.15, -0.1) is 0 Å². The van der Waals surface area contributed by atoms with E-state index in [9.17, 15) is 4.79 Å². The van der Waals surface area contributed by atoms with E-state index < -0.39 is 5.41 Å². The Morgan fingerprint density at radius 1 is 1.21 bits per heavy atom. The van der Waals surface area contributed by atoms with E-state index in [0.29, 0.717) is 12.0 Å². The van der Waals surface area contributed by atoms with Crippen molar-refractivity contribution in [1.82, 2.24) is 15.0 Å². The highest BCUT2D eigenvalue weighted by molar-refractivity contribution is 6.07. The molecule has 3 heterocycles. The minimum atomic E-state index is -0.498. The van der Waals surface area contributed by atoms with Crippen LogP contribution in [-0.4, -0.2) is 32.9 Å². The molecule has 0 saturated heterocycles. The van der Waals surface area contributed by atoms with Gasteiger partial charge in [-0.2, -0.15) is 0 Å². The zero-order valence-corrected chi connectivity index (χ0v) is 14.2. The van der Waals surface area contributed by atoms with Gasteiger partial charge in [0.05, 0.1) is 5.41 Å². The molecule has 1 aliphatic carbocycles. The van der Waals surface area contributed by atoms with Gasteiger partial charge in [0, 0.05) is 35.7 Å². The van der Waals surface area contributed by atoms with E-state index in [4.69, 9.17) is 0 Å². The average molecular weight is 323 g/mol. The molecular formula is C18H21N5O. The zero-order valence-electron chi connectivity index (χ0n) is 14.2. The van der Waals surface area contributed by atoms with Gasteiger partial charge in [0.15, 0.2) is 0 Å². The second-order valence-corrected chi connectivity index (χ2v) is 7.16. The second-order valence-electron chi connectivity index (χ2n) is 7.16. The predicted molar refractivity (Wildman–Crippen MR) is 92.0 cm³/mol. The van der Waals surface area contributed by atoms with E-state index in [1.54, 1.807) is 12.4 Å². The summed E-state index contributed by atoms with van der Waals surface area (Å²) in [6.45, 7) is 5.90. The number of hydrogen-bond acceptors (Lipinski definition) is 5. The van der Waals surface area contributed by atoms with Gasteiger partial charge in [0.1, 0.15) is 5.82 Å². The number of rotatable bonds is 3. The third-order valence-electron chi connectivity index (χ3n) is 5.05.